The van der Waals surface area contributed by atoms with Gasteiger partial charge in [-0.15, -0.1) is 0 Å². The van der Waals surface area contributed by atoms with Gasteiger partial charge in [0.15, 0.2) is 6.17 Å². The number of rotatable bonds is 5. The highest BCUT2D eigenvalue weighted by atomic mass is 19.3. The summed E-state index contributed by atoms with van der Waals surface area (Å²) < 4.78 is 59.3. The zero-order valence-electron chi connectivity index (χ0n) is 6.31. The maximum absolute atomic E-state index is 12.3. The van der Waals surface area contributed by atoms with Gasteiger partial charge in [0.1, 0.15) is 0 Å². The Kier molecular flexibility index (Phi) is 4.09. The van der Waals surface area contributed by atoms with Gasteiger partial charge in [0.05, 0.1) is 0 Å². The van der Waals surface area contributed by atoms with E-state index in [1.807, 2.05) is 0 Å². The molecule has 1 N–H and O–H groups in total. The van der Waals surface area contributed by atoms with Crippen LogP contribution in [0.1, 0.15) is 12.8 Å². The molecule has 78 valence electrons. The lowest BCUT2D eigenvalue weighted by Crippen LogP contribution is -2.37. The minimum absolute atomic E-state index is 0.899. The van der Waals surface area contributed by atoms with Crippen molar-refractivity contribution in [3.63, 3.8) is 0 Å². The molecule has 1 atom stereocenters. The highest BCUT2D eigenvalue weighted by Crippen LogP contribution is 2.31. The first kappa shape index (κ1) is 12.1. The molecule has 13 heavy (non-hydrogen) atoms. The van der Waals surface area contributed by atoms with Crippen LogP contribution in [0.2, 0.25) is 0 Å². The van der Waals surface area contributed by atoms with Gasteiger partial charge in [0, 0.05) is 6.42 Å². The Balaban J connectivity index is 4.09. The SMILES string of the molecule is O=C(O)CCC(F)C(F)(F)C(F)F. The van der Waals surface area contributed by atoms with E-state index in [1.165, 1.54) is 0 Å². The van der Waals surface area contributed by atoms with Crippen molar-refractivity contribution in [1.82, 2.24) is 0 Å². The van der Waals surface area contributed by atoms with Gasteiger partial charge in [-0.25, -0.2) is 13.2 Å². The van der Waals surface area contributed by atoms with Crippen LogP contribution in [0.15, 0.2) is 0 Å². The van der Waals surface area contributed by atoms with Crippen LogP contribution in [0.5, 0.6) is 0 Å². The molecule has 2 nitrogen and oxygen atoms in total. The van der Waals surface area contributed by atoms with Gasteiger partial charge < -0.3 is 5.11 Å². The quantitative estimate of drug-likeness (QED) is 0.699. The summed E-state index contributed by atoms with van der Waals surface area (Å²) in [5, 5.41) is 7.97. The van der Waals surface area contributed by atoms with Gasteiger partial charge in [-0.2, -0.15) is 8.78 Å². The number of carboxylic acids is 1. The molecule has 0 aromatic heterocycles. The van der Waals surface area contributed by atoms with E-state index >= 15 is 0 Å². The van der Waals surface area contributed by atoms with Gasteiger partial charge in [0.25, 0.3) is 0 Å². The fraction of sp³-hybridized carbons (Fsp3) is 0.833. The van der Waals surface area contributed by atoms with E-state index in [1.54, 1.807) is 0 Å². The predicted molar refractivity (Wildman–Crippen MR) is 32.7 cm³/mol. The monoisotopic (exact) mass is 206 g/mol. The molecule has 1 unspecified atom stereocenters. The standard InChI is InChI=1S/C6H7F5O2/c7-3(1-2-4(12)13)6(10,11)5(8)9/h3,5H,1-2H2,(H,12,13). The van der Waals surface area contributed by atoms with Crippen molar-refractivity contribution in [1.29, 1.82) is 0 Å². The average molecular weight is 206 g/mol. The number of carboxylic acid groups (broad SMARTS) is 1. The summed E-state index contributed by atoms with van der Waals surface area (Å²) in [6.45, 7) is 0. The minimum atomic E-state index is -4.77. The number of hydrogen-bond acceptors (Lipinski definition) is 1. The number of carbonyl (C=O) groups is 1. The van der Waals surface area contributed by atoms with Gasteiger partial charge in [-0.1, -0.05) is 0 Å². The molecule has 0 aromatic carbocycles. The number of aliphatic carboxylic acids is 1. The Morgan fingerprint density at radius 1 is 1.31 bits per heavy atom. The second kappa shape index (κ2) is 4.38. The molecule has 0 radical (unpaired) electrons. The Bertz CT molecular complexity index is 182. The van der Waals surface area contributed by atoms with Gasteiger partial charge >= 0.3 is 18.3 Å². The van der Waals surface area contributed by atoms with Crippen molar-refractivity contribution < 1.29 is 31.9 Å². The third kappa shape index (κ3) is 3.56. The topological polar surface area (TPSA) is 37.3 Å². The molecule has 0 rings (SSSR count). The molecule has 0 amide bonds. The normalized spacial score (nSPS) is 14.6. The maximum atomic E-state index is 12.3. The number of alkyl halides is 5. The van der Waals surface area contributed by atoms with Crippen molar-refractivity contribution in [2.45, 2.75) is 31.4 Å². The third-order valence-corrected chi connectivity index (χ3v) is 1.32. The lowest BCUT2D eigenvalue weighted by atomic mass is 10.1. The van der Waals surface area contributed by atoms with E-state index in [4.69, 9.17) is 5.11 Å². The highest BCUT2D eigenvalue weighted by molar-refractivity contribution is 5.66. The molecular formula is C6H7F5O2. The molecule has 0 aliphatic rings. The Hall–Kier alpha value is -0.880. The largest absolute Gasteiger partial charge is 0.481 e. The smallest absolute Gasteiger partial charge is 0.337 e. The minimum Gasteiger partial charge on any atom is -0.481 e. The van der Waals surface area contributed by atoms with Gasteiger partial charge in [-0.05, 0) is 6.42 Å². The van der Waals surface area contributed by atoms with E-state index in [2.05, 4.69) is 0 Å². The molecule has 0 saturated carbocycles. The summed E-state index contributed by atoms with van der Waals surface area (Å²) in [4.78, 5) is 9.80. The highest BCUT2D eigenvalue weighted by Gasteiger charge is 2.49. The fourth-order valence-corrected chi connectivity index (χ4v) is 0.579. The molecule has 0 fully saturated rings. The van der Waals surface area contributed by atoms with Crippen LogP contribution in [-0.4, -0.2) is 29.6 Å². The van der Waals surface area contributed by atoms with E-state index in [0.29, 0.717) is 0 Å². The second-order valence-corrected chi connectivity index (χ2v) is 2.38. The molecule has 0 saturated heterocycles. The third-order valence-electron chi connectivity index (χ3n) is 1.32. The molecular weight excluding hydrogens is 199 g/mol. The van der Waals surface area contributed by atoms with Gasteiger partial charge in [0.2, 0.25) is 0 Å². The molecule has 0 heterocycles. The zero-order chi connectivity index (χ0) is 10.6. The number of hydrogen-bond donors (Lipinski definition) is 1. The number of halogens is 5. The van der Waals surface area contributed by atoms with Crippen molar-refractivity contribution in [3.05, 3.63) is 0 Å². The van der Waals surface area contributed by atoms with Crippen molar-refractivity contribution in [3.8, 4) is 0 Å². The summed E-state index contributed by atoms with van der Waals surface area (Å²) in [5.74, 6) is -6.28. The maximum Gasteiger partial charge on any atom is 0.337 e. The summed E-state index contributed by atoms with van der Waals surface area (Å²) in [6.07, 6.45) is -9.25. The van der Waals surface area contributed by atoms with Crippen LogP contribution in [0.25, 0.3) is 0 Å². The molecule has 0 aliphatic heterocycles. The molecule has 0 aromatic rings. The molecule has 0 aliphatic carbocycles. The van der Waals surface area contributed by atoms with Crippen molar-refractivity contribution in [2.24, 2.45) is 0 Å². The first-order chi connectivity index (χ1) is 5.78. The van der Waals surface area contributed by atoms with E-state index in [9.17, 15) is 26.7 Å². The van der Waals surface area contributed by atoms with Crippen molar-refractivity contribution >= 4 is 5.97 Å². The summed E-state index contributed by atoms with van der Waals surface area (Å²) in [6, 6.07) is 0. The second-order valence-electron chi connectivity index (χ2n) is 2.38. The van der Waals surface area contributed by atoms with E-state index in [0.717, 1.165) is 0 Å². The van der Waals surface area contributed by atoms with E-state index in [-0.39, 0.29) is 0 Å². The predicted octanol–water partition coefficient (Wildman–Crippen LogP) is 2.09. The molecule has 0 spiro atoms. The van der Waals surface area contributed by atoms with Crippen LogP contribution >= 0.6 is 0 Å². The summed E-state index contributed by atoms with van der Waals surface area (Å²) in [5.41, 5.74) is 0. The summed E-state index contributed by atoms with van der Waals surface area (Å²) >= 11 is 0. The summed E-state index contributed by atoms with van der Waals surface area (Å²) in [7, 11) is 0. The van der Waals surface area contributed by atoms with Crippen LogP contribution in [0, 0.1) is 0 Å². The zero-order valence-corrected chi connectivity index (χ0v) is 6.31. The van der Waals surface area contributed by atoms with Crippen LogP contribution < -0.4 is 0 Å². The Morgan fingerprint density at radius 3 is 2.08 bits per heavy atom. The van der Waals surface area contributed by atoms with Crippen LogP contribution in [0.4, 0.5) is 22.0 Å². The van der Waals surface area contributed by atoms with Crippen LogP contribution in [-0.2, 0) is 4.79 Å². The van der Waals surface area contributed by atoms with Crippen molar-refractivity contribution in [2.75, 3.05) is 0 Å². The van der Waals surface area contributed by atoms with Gasteiger partial charge in [-0.3, -0.25) is 4.79 Å². The lowest BCUT2D eigenvalue weighted by molar-refractivity contribution is -0.173. The Morgan fingerprint density at radius 2 is 1.77 bits per heavy atom. The average Bonchev–Trinajstić information content (AvgIpc) is 1.99. The Labute approximate surface area is 70.3 Å². The molecule has 7 heteroatoms. The first-order valence-electron chi connectivity index (χ1n) is 3.30. The van der Waals surface area contributed by atoms with Crippen LogP contribution in [0.3, 0.4) is 0 Å². The fourth-order valence-electron chi connectivity index (χ4n) is 0.579. The molecule has 0 bridgehead atoms. The first-order valence-corrected chi connectivity index (χ1v) is 3.30. The lowest BCUT2D eigenvalue weighted by Gasteiger charge is -2.18. The van der Waals surface area contributed by atoms with E-state index < -0.39 is 37.3 Å².